The summed E-state index contributed by atoms with van der Waals surface area (Å²) in [5.74, 6) is -0.446. The summed E-state index contributed by atoms with van der Waals surface area (Å²) in [6.45, 7) is 0.389. The Morgan fingerprint density at radius 3 is 2.46 bits per heavy atom. The maximum Gasteiger partial charge on any atom is 0.270 e. The Morgan fingerprint density at radius 1 is 1.18 bits per heavy atom. The van der Waals surface area contributed by atoms with Gasteiger partial charge in [0.15, 0.2) is 0 Å². The zero-order valence-electron chi connectivity index (χ0n) is 15.8. The van der Waals surface area contributed by atoms with Gasteiger partial charge in [0.2, 0.25) is 5.91 Å². The number of primary amides is 1. The summed E-state index contributed by atoms with van der Waals surface area (Å²) in [5.41, 5.74) is 12.5. The maximum atomic E-state index is 12.8. The van der Waals surface area contributed by atoms with Crippen LogP contribution < -0.4 is 21.5 Å². The molecule has 0 unspecified atom stereocenters. The molecule has 0 aromatic heterocycles. The summed E-state index contributed by atoms with van der Waals surface area (Å²) in [5, 5.41) is 2.74. The molecule has 5 N–H and O–H groups in total. The summed E-state index contributed by atoms with van der Waals surface area (Å²) < 4.78 is 5.82. The van der Waals surface area contributed by atoms with E-state index in [2.05, 4.69) is 10.3 Å². The second kappa shape index (κ2) is 8.12. The van der Waals surface area contributed by atoms with Crippen LogP contribution in [0.2, 0.25) is 0 Å². The van der Waals surface area contributed by atoms with E-state index in [0.29, 0.717) is 36.4 Å². The number of amides is 2. The summed E-state index contributed by atoms with van der Waals surface area (Å²) in [6, 6.07) is 14.8. The van der Waals surface area contributed by atoms with Gasteiger partial charge < -0.3 is 21.5 Å². The molecular formula is C21H24N4O3. The number of aliphatic imine (C=N–C) groups is 1. The molecule has 0 spiro atoms. The Bertz CT molecular complexity index is 905. The minimum absolute atomic E-state index is 0.134. The molecule has 1 fully saturated rings. The Hall–Kier alpha value is -3.35. The van der Waals surface area contributed by atoms with Gasteiger partial charge in [0, 0.05) is 18.3 Å². The number of ether oxygens (including phenoxy) is 1. The molecule has 1 aliphatic carbocycles. The standard InChI is InChI=1S/C21H24N4O3/c1-24-18(19(26)25-21(20(23)27)10-5-11-21)16-12-15(8-9-17(16)22)28-13-14-6-3-2-4-7-14/h2-4,6-9,12H,5,10-11,13,22H2,1H3,(H2,23,27)(H,25,26). The van der Waals surface area contributed by atoms with Crippen LogP contribution in [0.5, 0.6) is 5.75 Å². The Labute approximate surface area is 163 Å². The lowest BCUT2D eigenvalue weighted by molar-refractivity contribution is -0.132. The van der Waals surface area contributed by atoms with E-state index in [0.717, 1.165) is 12.0 Å². The number of nitrogen functional groups attached to an aromatic ring is 1. The summed E-state index contributed by atoms with van der Waals surface area (Å²) >= 11 is 0. The molecule has 7 nitrogen and oxygen atoms in total. The molecule has 0 atom stereocenters. The molecule has 2 amide bonds. The highest BCUT2D eigenvalue weighted by Gasteiger charge is 2.44. The predicted octanol–water partition coefficient (Wildman–Crippen LogP) is 1.79. The van der Waals surface area contributed by atoms with Crippen LogP contribution in [0, 0.1) is 0 Å². The first kappa shape index (κ1) is 19.4. The van der Waals surface area contributed by atoms with E-state index < -0.39 is 17.4 Å². The predicted molar refractivity (Wildman–Crippen MR) is 108 cm³/mol. The van der Waals surface area contributed by atoms with Crippen LogP contribution in [0.25, 0.3) is 0 Å². The SMILES string of the molecule is CN=C(C(=O)NC1(C(N)=O)CCC1)c1cc(OCc2ccccc2)ccc1N. The number of nitrogens with two attached hydrogens (primary N) is 2. The number of benzene rings is 2. The number of nitrogens with zero attached hydrogens (tertiary/aromatic N) is 1. The van der Waals surface area contributed by atoms with E-state index in [1.807, 2.05) is 30.3 Å². The monoisotopic (exact) mass is 380 g/mol. The van der Waals surface area contributed by atoms with Crippen LogP contribution in [-0.2, 0) is 16.2 Å². The van der Waals surface area contributed by atoms with Crippen LogP contribution in [0.1, 0.15) is 30.4 Å². The normalized spacial score (nSPS) is 15.4. The molecule has 1 saturated carbocycles. The Balaban J connectivity index is 1.78. The summed E-state index contributed by atoms with van der Waals surface area (Å²) in [4.78, 5) is 28.6. The van der Waals surface area contributed by atoms with Crippen molar-refractivity contribution in [2.75, 3.05) is 12.8 Å². The summed E-state index contributed by atoms with van der Waals surface area (Å²) in [6.07, 6.45) is 1.90. The molecule has 28 heavy (non-hydrogen) atoms. The van der Waals surface area contributed by atoms with Crippen molar-refractivity contribution < 1.29 is 14.3 Å². The second-order valence-corrected chi connectivity index (χ2v) is 6.85. The highest BCUT2D eigenvalue weighted by atomic mass is 16.5. The van der Waals surface area contributed by atoms with Gasteiger partial charge in [0.1, 0.15) is 23.6 Å². The number of hydrogen-bond acceptors (Lipinski definition) is 5. The van der Waals surface area contributed by atoms with E-state index in [1.54, 1.807) is 18.2 Å². The quantitative estimate of drug-likeness (QED) is 0.501. The Morgan fingerprint density at radius 2 is 1.89 bits per heavy atom. The van der Waals surface area contributed by atoms with Crippen molar-refractivity contribution in [2.45, 2.75) is 31.4 Å². The van der Waals surface area contributed by atoms with Crippen molar-refractivity contribution in [3.8, 4) is 5.75 Å². The van der Waals surface area contributed by atoms with Crippen LogP contribution >= 0.6 is 0 Å². The molecule has 0 radical (unpaired) electrons. The van der Waals surface area contributed by atoms with Crippen molar-refractivity contribution in [1.82, 2.24) is 5.32 Å². The minimum Gasteiger partial charge on any atom is -0.489 e. The first-order chi connectivity index (χ1) is 13.4. The number of rotatable bonds is 7. The molecule has 0 heterocycles. The van der Waals surface area contributed by atoms with E-state index >= 15 is 0 Å². The average molecular weight is 380 g/mol. The van der Waals surface area contributed by atoms with Crippen molar-refractivity contribution in [1.29, 1.82) is 0 Å². The van der Waals surface area contributed by atoms with Gasteiger partial charge in [-0.25, -0.2) is 0 Å². The largest absolute Gasteiger partial charge is 0.489 e. The zero-order valence-corrected chi connectivity index (χ0v) is 15.8. The van der Waals surface area contributed by atoms with Gasteiger partial charge in [-0.1, -0.05) is 30.3 Å². The lowest BCUT2D eigenvalue weighted by Gasteiger charge is -2.39. The third-order valence-electron chi connectivity index (χ3n) is 5.00. The Kier molecular flexibility index (Phi) is 5.63. The van der Waals surface area contributed by atoms with E-state index in [1.165, 1.54) is 7.05 Å². The lowest BCUT2D eigenvalue weighted by Crippen LogP contribution is -2.62. The van der Waals surface area contributed by atoms with Crippen molar-refractivity contribution in [3.63, 3.8) is 0 Å². The van der Waals surface area contributed by atoms with Gasteiger partial charge >= 0.3 is 0 Å². The molecule has 0 aliphatic heterocycles. The van der Waals surface area contributed by atoms with Gasteiger partial charge in [-0.15, -0.1) is 0 Å². The van der Waals surface area contributed by atoms with E-state index in [-0.39, 0.29) is 5.71 Å². The molecule has 7 heteroatoms. The fraction of sp³-hybridized carbons (Fsp3) is 0.286. The zero-order chi connectivity index (χ0) is 20.1. The van der Waals surface area contributed by atoms with Gasteiger partial charge in [0.25, 0.3) is 5.91 Å². The highest BCUT2D eigenvalue weighted by molar-refractivity contribution is 6.46. The van der Waals surface area contributed by atoms with Gasteiger partial charge in [-0.3, -0.25) is 14.6 Å². The highest BCUT2D eigenvalue weighted by Crippen LogP contribution is 2.32. The maximum absolute atomic E-state index is 12.8. The molecule has 2 aromatic rings. The van der Waals surface area contributed by atoms with Crippen molar-refractivity contribution >= 4 is 23.2 Å². The third kappa shape index (κ3) is 3.98. The van der Waals surface area contributed by atoms with Crippen LogP contribution in [0.3, 0.4) is 0 Å². The molecule has 0 bridgehead atoms. The molecule has 1 aliphatic rings. The molecule has 3 rings (SSSR count). The van der Waals surface area contributed by atoms with Gasteiger partial charge in [-0.2, -0.15) is 0 Å². The van der Waals surface area contributed by atoms with E-state index in [9.17, 15) is 9.59 Å². The van der Waals surface area contributed by atoms with Crippen molar-refractivity contribution in [2.24, 2.45) is 10.7 Å². The number of anilines is 1. The van der Waals surface area contributed by atoms with E-state index in [4.69, 9.17) is 16.2 Å². The molecule has 0 saturated heterocycles. The van der Waals surface area contributed by atoms with Crippen LogP contribution in [-0.4, -0.2) is 30.1 Å². The van der Waals surface area contributed by atoms with Gasteiger partial charge in [0.05, 0.1) is 0 Å². The third-order valence-corrected chi connectivity index (χ3v) is 5.00. The minimum atomic E-state index is -0.997. The topological polar surface area (TPSA) is 120 Å². The summed E-state index contributed by atoms with van der Waals surface area (Å²) in [7, 11) is 1.50. The molecule has 146 valence electrons. The fourth-order valence-corrected chi connectivity index (χ4v) is 3.16. The van der Waals surface area contributed by atoms with Crippen LogP contribution in [0.4, 0.5) is 5.69 Å². The molecule has 2 aromatic carbocycles. The van der Waals surface area contributed by atoms with Crippen LogP contribution in [0.15, 0.2) is 53.5 Å². The first-order valence-electron chi connectivity index (χ1n) is 9.11. The molecular weight excluding hydrogens is 356 g/mol. The first-order valence-corrected chi connectivity index (χ1v) is 9.11. The average Bonchev–Trinajstić information content (AvgIpc) is 2.66. The van der Waals surface area contributed by atoms with Crippen molar-refractivity contribution in [3.05, 3.63) is 59.7 Å². The number of hydrogen-bond donors (Lipinski definition) is 3. The smallest absolute Gasteiger partial charge is 0.270 e. The fourth-order valence-electron chi connectivity index (χ4n) is 3.16. The lowest BCUT2D eigenvalue weighted by atomic mass is 9.76. The second-order valence-electron chi connectivity index (χ2n) is 6.85. The number of carbonyl (C=O) groups is 2. The number of nitrogens with one attached hydrogen (secondary N) is 1. The van der Waals surface area contributed by atoms with Gasteiger partial charge in [-0.05, 0) is 43.0 Å². The number of carbonyl (C=O) groups excluding carboxylic acids is 2.